The molecule has 0 aliphatic rings. The van der Waals surface area contributed by atoms with Crippen molar-refractivity contribution in [3.63, 3.8) is 0 Å². The lowest BCUT2D eigenvalue weighted by Crippen LogP contribution is -2.30. The van der Waals surface area contributed by atoms with Crippen molar-refractivity contribution in [1.82, 2.24) is 10.3 Å². The molecule has 214 valence electrons. The van der Waals surface area contributed by atoms with Crippen molar-refractivity contribution in [1.29, 1.82) is 0 Å². The number of carbonyl (C=O) groups excluding carboxylic acids is 1. The van der Waals surface area contributed by atoms with Crippen LogP contribution in [0.2, 0.25) is 0 Å². The van der Waals surface area contributed by atoms with E-state index in [4.69, 9.17) is 0 Å². The third-order valence-corrected chi connectivity index (χ3v) is 9.54. The molecule has 0 saturated heterocycles. The maximum Gasteiger partial charge on any atom is 0.252 e. The van der Waals surface area contributed by atoms with Crippen LogP contribution < -0.4 is 5.32 Å². The highest BCUT2D eigenvalue weighted by Crippen LogP contribution is 2.31. The van der Waals surface area contributed by atoms with Crippen molar-refractivity contribution in [2.75, 3.05) is 12.5 Å². The lowest BCUT2D eigenvalue weighted by molar-refractivity contribution is -0.116. The molecule has 1 N–H and O–H groups in total. The van der Waals surface area contributed by atoms with Gasteiger partial charge in [-0.3, -0.25) is 9.78 Å². The summed E-state index contributed by atoms with van der Waals surface area (Å²) in [7, 11) is -6.58. The van der Waals surface area contributed by atoms with Gasteiger partial charge >= 0.3 is 0 Å². The molecule has 1 heterocycles. The van der Waals surface area contributed by atoms with Gasteiger partial charge in [0.15, 0.2) is 9.84 Å². The number of pyridine rings is 1. The molecule has 3 aromatic carbocycles. The molecule has 0 saturated carbocycles. The van der Waals surface area contributed by atoms with Crippen LogP contribution in [0, 0.1) is 0 Å². The monoisotopic (exact) mass is 590 g/mol. The van der Waals surface area contributed by atoms with Gasteiger partial charge in [-0.2, -0.15) is 0 Å². The van der Waals surface area contributed by atoms with Crippen LogP contribution in [0.5, 0.6) is 0 Å². The van der Waals surface area contributed by atoms with Gasteiger partial charge in [0, 0.05) is 41.3 Å². The van der Waals surface area contributed by atoms with E-state index in [-0.39, 0.29) is 16.8 Å². The molecule has 4 aromatic rings. The van der Waals surface area contributed by atoms with Crippen molar-refractivity contribution in [2.24, 2.45) is 0 Å². The van der Waals surface area contributed by atoms with Gasteiger partial charge in [0.1, 0.15) is 9.84 Å². The molecule has 0 bridgehead atoms. The van der Waals surface area contributed by atoms with E-state index < -0.39 is 24.9 Å². The van der Waals surface area contributed by atoms with Crippen molar-refractivity contribution in [2.45, 2.75) is 43.4 Å². The Kier molecular flexibility index (Phi) is 8.80. The van der Waals surface area contributed by atoms with E-state index in [9.17, 15) is 21.6 Å². The topological polar surface area (TPSA) is 110 Å². The quantitative estimate of drug-likeness (QED) is 0.208. The Hall–Kier alpha value is -3.82. The van der Waals surface area contributed by atoms with Gasteiger partial charge < -0.3 is 5.32 Å². The molecule has 7 nitrogen and oxygen atoms in total. The number of nitrogens with one attached hydrogen (secondary N) is 1. The second-order valence-electron chi connectivity index (χ2n) is 10.7. The van der Waals surface area contributed by atoms with Gasteiger partial charge in [-0.15, -0.1) is 0 Å². The molecule has 0 aliphatic carbocycles. The average Bonchev–Trinajstić information content (AvgIpc) is 2.90. The summed E-state index contributed by atoms with van der Waals surface area (Å²) in [5.41, 5.74) is 5.16. The van der Waals surface area contributed by atoms with Crippen LogP contribution >= 0.6 is 0 Å². The van der Waals surface area contributed by atoms with Crippen LogP contribution in [-0.2, 0) is 30.9 Å². The van der Waals surface area contributed by atoms with E-state index >= 15 is 0 Å². The Morgan fingerprint density at radius 2 is 1.61 bits per heavy atom. The number of amides is 1. The SMILES string of the molecule is CC(C)NC(=O)/C(=C/c1cccc(-c2cc(CC(C)S(C)(=O)=O)cc3cccnc23)c1)c1ccc(S(C)(=O)=O)cc1. The summed E-state index contributed by atoms with van der Waals surface area (Å²) in [6, 6.07) is 21.6. The number of hydrogen-bond acceptors (Lipinski definition) is 6. The fraction of sp³-hybridized carbons (Fsp3) is 0.250. The number of nitrogens with zero attached hydrogens (tertiary/aromatic N) is 1. The van der Waals surface area contributed by atoms with E-state index in [1.165, 1.54) is 18.4 Å². The number of hydrogen-bond donors (Lipinski definition) is 1. The first-order valence-corrected chi connectivity index (χ1v) is 17.1. The van der Waals surface area contributed by atoms with Crippen molar-refractivity contribution < 1.29 is 21.6 Å². The number of rotatable bonds is 9. The molecule has 0 radical (unpaired) electrons. The normalized spacial score (nSPS) is 13.4. The Bertz CT molecular complexity index is 1840. The third-order valence-electron chi connectivity index (χ3n) is 6.79. The Morgan fingerprint density at radius 1 is 0.902 bits per heavy atom. The highest BCUT2D eigenvalue weighted by Gasteiger charge is 2.18. The minimum atomic E-state index is -3.38. The fourth-order valence-corrected chi connectivity index (χ4v) is 5.67. The molecule has 4 rings (SSSR count). The van der Waals surface area contributed by atoms with Crippen LogP contribution in [0.4, 0.5) is 0 Å². The first-order valence-electron chi connectivity index (χ1n) is 13.2. The number of sulfone groups is 2. The van der Waals surface area contributed by atoms with Gasteiger partial charge in [-0.25, -0.2) is 16.8 Å². The van der Waals surface area contributed by atoms with Gasteiger partial charge in [0.25, 0.3) is 5.91 Å². The summed E-state index contributed by atoms with van der Waals surface area (Å²) in [5, 5.41) is 3.30. The molecule has 0 spiro atoms. The smallest absolute Gasteiger partial charge is 0.252 e. The summed E-state index contributed by atoms with van der Waals surface area (Å²) in [6.45, 7) is 5.46. The van der Waals surface area contributed by atoms with E-state index in [0.717, 1.165) is 39.4 Å². The molecule has 41 heavy (non-hydrogen) atoms. The molecule has 1 amide bonds. The minimum absolute atomic E-state index is 0.0953. The number of aromatic nitrogens is 1. The standard InChI is InChI=1S/C32H34N2O5S2/c1-21(2)34-32(35)30(25-11-13-28(14-12-25)41(5,38)39)19-23-8-6-9-26(17-23)29-20-24(16-22(3)40(4,36)37)18-27-10-7-15-33-31(27)29/h6-15,17-22H,16H2,1-5H3,(H,34,35)/b30-19+. The van der Waals surface area contributed by atoms with Crippen LogP contribution in [0.1, 0.15) is 37.5 Å². The highest BCUT2D eigenvalue weighted by atomic mass is 32.2. The van der Waals surface area contributed by atoms with E-state index in [0.29, 0.717) is 17.6 Å². The zero-order valence-corrected chi connectivity index (χ0v) is 25.4. The lowest BCUT2D eigenvalue weighted by Gasteiger charge is -2.14. The molecule has 0 fully saturated rings. The predicted molar refractivity (Wildman–Crippen MR) is 166 cm³/mol. The Labute approximate surface area is 242 Å². The zero-order chi connectivity index (χ0) is 29.9. The van der Waals surface area contributed by atoms with E-state index in [2.05, 4.69) is 10.3 Å². The number of carbonyl (C=O) groups is 1. The average molecular weight is 591 g/mol. The Balaban J connectivity index is 1.82. The van der Waals surface area contributed by atoms with E-state index in [1.807, 2.05) is 62.4 Å². The summed E-state index contributed by atoms with van der Waals surface area (Å²) < 4.78 is 48.2. The van der Waals surface area contributed by atoms with Crippen molar-refractivity contribution in [3.05, 3.63) is 95.7 Å². The maximum absolute atomic E-state index is 13.2. The summed E-state index contributed by atoms with van der Waals surface area (Å²) in [4.78, 5) is 18.0. The lowest BCUT2D eigenvalue weighted by atomic mass is 9.95. The molecular formula is C32H34N2O5S2. The predicted octanol–water partition coefficient (Wildman–Crippen LogP) is 5.35. The zero-order valence-electron chi connectivity index (χ0n) is 23.7. The molecule has 1 aromatic heterocycles. The first-order chi connectivity index (χ1) is 19.2. The number of benzene rings is 3. The Morgan fingerprint density at radius 3 is 2.24 bits per heavy atom. The van der Waals surface area contributed by atoms with Crippen LogP contribution in [-0.4, -0.2) is 51.5 Å². The second kappa shape index (κ2) is 12.0. The number of fused-ring (bicyclic) bond motifs is 1. The maximum atomic E-state index is 13.2. The fourth-order valence-electron chi connectivity index (χ4n) is 4.54. The second-order valence-corrected chi connectivity index (χ2v) is 15.2. The van der Waals surface area contributed by atoms with Crippen molar-refractivity contribution in [3.8, 4) is 11.1 Å². The van der Waals surface area contributed by atoms with Gasteiger partial charge in [0.05, 0.1) is 15.7 Å². The van der Waals surface area contributed by atoms with Gasteiger partial charge in [-0.05, 0) is 91.9 Å². The van der Waals surface area contributed by atoms with Crippen LogP contribution in [0.15, 0.2) is 83.9 Å². The first kappa shape index (κ1) is 30.1. The summed E-state index contributed by atoms with van der Waals surface area (Å²) in [5.74, 6) is -0.276. The summed E-state index contributed by atoms with van der Waals surface area (Å²) >= 11 is 0. The van der Waals surface area contributed by atoms with Crippen molar-refractivity contribution >= 4 is 48.1 Å². The van der Waals surface area contributed by atoms with Gasteiger partial charge in [0.2, 0.25) is 0 Å². The highest BCUT2D eigenvalue weighted by molar-refractivity contribution is 7.91. The molecule has 9 heteroatoms. The third kappa shape index (κ3) is 7.48. The molecule has 0 aliphatic heterocycles. The van der Waals surface area contributed by atoms with Crippen LogP contribution in [0.3, 0.4) is 0 Å². The molecular weight excluding hydrogens is 556 g/mol. The van der Waals surface area contributed by atoms with Gasteiger partial charge in [-0.1, -0.05) is 36.4 Å². The molecule has 1 unspecified atom stereocenters. The van der Waals surface area contributed by atoms with Crippen LogP contribution in [0.25, 0.3) is 33.7 Å². The largest absolute Gasteiger partial charge is 0.350 e. The summed E-state index contributed by atoms with van der Waals surface area (Å²) in [6.07, 6.45) is 6.27. The molecule has 1 atom stereocenters. The van der Waals surface area contributed by atoms with E-state index in [1.54, 1.807) is 31.3 Å². The minimum Gasteiger partial charge on any atom is -0.350 e.